The Kier molecular flexibility index (Phi) is 3.85. The Hall–Kier alpha value is -3.28. The molecule has 0 aromatic carbocycles. The zero-order valence-corrected chi connectivity index (χ0v) is 13.0. The second-order valence-electron chi connectivity index (χ2n) is 5.40. The first-order chi connectivity index (χ1) is 11.9. The zero-order chi connectivity index (χ0) is 16.2. The highest BCUT2D eigenvalue weighted by Crippen LogP contribution is 2.17. The summed E-state index contributed by atoms with van der Waals surface area (Å²) in [7, 11) is 0. The van der Waals surface area contributed by atoms with Crippen LogP contribution in [0.2, 0.25) is 0 Å². The maximum absolute atomic E-state index is 4.49. The van der Waals surface area contributed by atoms with Crippen molar-refractivity contribution >= 4 is 0 Å². The van der Waals surface area contributed by atoms with Crippen LogP contribution in [0.25, 0.3) is 11.6 Å². The van der Waals surface area contributed by atoms with Crippen LogP contribution in [0.4, 0.5) is 0 Å². The molecule has 118 valence electrons. The van der Waals surface area contributed by atoms with Crippen molar-refractivity contribution in [2.75, 3.05) is 0 Å². The van der Waals surface area contributed by atoms with E-state index in [9.17, 15) is 0 Å². The van der Waals surface area contributed by atoms with Gasteiger partial charge in [0.15, 0.2) is 11.6 Å². The molecule has 6 nitrogen and oxygen atoms in total. The standard InChI is InChI=1S/C18H16N6/c1-3-7-19-15(5-1)13-23-11-9-21-17(23)18-22-10-12-24(18)14-16-6-2-4-8-20-16/h1-12H,13-14H2. The van der Waals surface area contributed by atoms with Gasteiger partial charge in [0.2, 0.25) is 0 Å². The third-order valence-corrected chi connectivity index (χ3v) is 3.75. The molecule has 0 atom stereocenters. The monoisotopic (exact) mass is 316 g/mol. The smallest absolute Gasteiger partial charge is 0.176 e. The van der Waals surface area contributed by atoms with Crippen molar-refractivity contribution in [3.8, 4) is 11.6 Å². The number of aromatic nitrogens is 6. The fourth-order valence-corrected chi connectivity index (χ4v) is 2.62. The van der Waals surface area contributed by atoms with E-state index < -0.39 is 0 Å². The molecule has 0 N–H and O–H groups in total. The molecule has 4 heterocycles. The molecule has 6 heteroatoms. The SMILES string of the molecule is c1ccc(Cn2ccnc2-c2nccn2Cc2ccccn2)nc1. The highest BCUT2D eigenvalue weighted by Gasteiger charge is 2.13. The van der Waals surface area contributed by atoms with Crippen molar-refractivity contribution in [1.29, 1.82) is 0 Å². The first-order valence-corrected chi connectivity index (χ1v) is 7.72. The van der Waals surface area contributed by atoms with Crippen LogP contribution in [-0.2, 0) is 13.1 Å². The second-order valence-corrected chi connectivity index (χ2v) is 5.40. The Bertz CT molecular complexity index is 833. The van der Waals surface area contributed by atoms with Crippen LogP contribution in [0.3, 0.4) is 0 Å². The summed E-state index contributed by atoms with van der Waals surface area (Å²) in [6, 6.07) is 11.8. The van der Waals surface area contributed by atoms with Crippen LogP contribution in [0.15, 0.2) is 73.6 Å². The van der Waals surface area contributed by atoms with Gasteiger partial charge < -0.3 is 9.13 Å². The van der Waals surface area contributed by atoms with E-state index in [1.165, 1.54) is 0 Å². The van der Waals surface area contributed by atoms with Crippen LogP contribution < -0.4 is 0 Å². The van der Waals surface area contributed by atoms with E-state index in [0.29, 0.717) is 13.1 Å². The molecule has 0 bridgehead atoms. The van der Waals surface area contributed by atoms with Crippen LogP contribution in [0.5, 0.6) is 0 Å². The third kappa shape index (κ3) is 2.94. The highest BCUT2D eigenvalue weighted by atomic mass is 15.2. The van der Waals surface area contributed by atoms with Gasteiger partial charge in [0.25, 0.3) is 0 Å². The molecule has 0 saturated heterocycles. The predicted molar refractivity (Wildman–Crippen MR) is 90.1 cm³/mol. The first kappa shape index (κ1) is 14.3. The van der Waals surface area contributed by atoms with E-state index in [4.69, 9.17) is 0 Å². The number of hydrogen-bond donors (Lipinski definition) is 0. The lowest BCUT2D eigenvalue weighted by atomic mass is 10.3. The number of nitrogens with zero attached hydrogens (tertiary/aromatic N) is 6. The number of imidazole rings is 2. The molecule has 4 aromatic rings. The Labute approximate surface area is 139 Å². The van der Waals surface area contributed by atoms with Crippen molar-refractivity contribution in [3.05, 3.63) is 85.0 Å². The third-order valence-electron chi connectivity index (χ3n) is 3.75. The fraction of sp³-hybridized carbons (Fsp3) is 0.111. The summed E-state index contributed by atoms with van der Waals surface area (Å²) in [5.41, 5.74) is 1.97. The van der Waals surface area contributed by atoms with Crippen molar-refractivity contribution in [1.82, 2.24) is 29.1 Å². The Morgan fingerprint density at radius 2 is 1.08 bits per heavy atom. The summed E-state index contributed by atoms with van der Waals surface area (Å²) in [5, 5.41) is 0. The lowest BCUT2D eigenvalue weighted by molar-refractivity contribution is 0.740. The molecule has 0 fully saturated rings. The maximum atomic E-state index is 4.49. The molecule has 0 saturated carbocycles. The fourth-order valence-electron chi connectivity index (χ4n) is 2.62. The molecule has 0 amide bonds. The summed E-state index contributed by atoms with van der Waals surface area (Å²) >= 11 is 0. The minimum atomic E-state index is 0.659. The van der Waals surface area contributed by atoms with Crippen LogP contribution in [0, 0.1) is 0 Å². The Morgan fingerprint density at radius 1 is 0.583 bits per heavy atom. The van der Waals surface area contributed by atoms with E-state index in [1.807, 2.05) is 48.8 Å². The minimum Gasteiger partial charge on any atom is -0.322 e. The van der Waals surface area contributed by atoms with Gasteiger partial charge in [0, 0.05) is 37.2 Å². The highest BCUT2D eigenvalue weighted by molar-refractivity contribution is 5.45. The van der Waals surface area contributed by atoms with E-state index in [0.717, 1.165) is 23.0 Å². The van der Waals surface area contributed by atoms with E-state index in [1.54, 1.807) is 24.8 Å². The normalized spacial score (nSPS) is 10.8. The van der Waals surface area contributed by atoms with Crippen LogP contribution >= 0.6 is 0 Å². The molecule has 0 spiro atoms. The average Bonchev–Trinajstić information content (AvgIpc) is 3.26. The summed E-state index contributed by atoms with van der Waals surface area (Å²) < 4.78 is 4.11. The van der Waals surface area contributed by atoms with Gasteiger partial charge in [-0.25, -0.2) is 9.97 Å². The molecule has 0 aliphatic rings. The van der Waals surface area contributed by atoms with Gasteiger partial charge in [-0.3, -0.25) is 9.97 Å². The second kappa shape index (κ2) is 6.45. The molecule has 0 unspecified atom stereocenters. The summed E-state index contributed by atoms with van der Waals surface area (Å²) in [6.45, 7) is 1.32. The number of pyridine rings is 2. The Balaban J connectivity index is 1.64. The molecule has 0 aliphatic heterocycles. The molecular formula is C18H16N6. The van der Waals surface area contributed by atoms with Gasteiger partial charge in [-0.15, -0.1) is 0 Å². The predicted octanol–water partition coefficient (Wildman–Crippen LogP) is 2.63. The first-order valence-electron chi connectivity index (χ1n) is 7.72. The summed E-state index contributed by atoms with van der Waals surface area (Å²) in [6.07, 6.45) is 11.1. The molecule has 0 radical (unpaired) electrons. The van der Waals surface area contributed by atoms with Crippen LogP contribution in [0.1, 0.15) is 11.4 Å². The summed E-state index contributed by atoms with van der Waals surface area (Å²) in [4.78, 5) is 17.7. The number of rotatable bonds is 5. The van der Waals surface area contributed by atoms with Gasteiger partial charge in [-0.05, 0) is 24.3 Å². The molecule has 0 aliphatic carbocycles. The summed E-state index contributed by atoms with van der Waals surface area (Å²) in [5.74, 6) is 1.64. The topological polar surface area (TPSA) is 61.4 Å². The zero-order valence-electron chi connectivity index (χ0n) is 13.0. The van der Waals surface area contributed by atoms with E-state index in [-0.39, 0.29) is 0 Å². The van der Waals surface area contributed by atoms with Crippen LogP contribution in [-0.4, -0.2) is 29.1 Å². The lowest BCUT2D eigenvalue weighted by Crippen LogP contribution is -2.08. The lowest BCUT2D eigenvalue weighted by Gasteiger charge is -2.10. The van der Waals surface area contributed by atoms with Crippen molar-refractivity contribution in [3.63, 3.8) is 0 Å². The van der Waals surface area contributed by atoms with Gasteiger partial charge >= 0.3 is 0 Å². The number of hydrogen-bond acceptors (Lipinski definition) is 4. The van der Waals surface area contributed by atoms with Crippen molar-refractivity contribution in [2.45, 2.75) is 13.1 Å². The minimum absolute atomic E-state index is 0.659. The van der Waals surface area contributed by atoms with E-state index >= 15 is 0 Å². The van der Waals surface area contributed by atoms with Crippen molar-refractivity contribution < 1.29 is 0 Å². The van der Waals surface area contributed by atoms with Gasteiger partial charge in [-0.1, -0.05) is 12.1 Å². The van der Waals surface area contributed by atoms with Gasteiger partial charge in [0.05, 0.1) is 24.5 Å². The molecular weight excluding hydrogens is 300 g/mol. The largest absolute Gasteiger partial charge is 0.322 e. The molecule has 4 rings (SSSR count). The quantitative estimate of drug-likeness (QED) is 0.568. The molecule has 24 heavy (non-hydrogen) atoms. The van der Waals surface area contributed by atoms with Gasteiger partial charge in [0.1, 0.15) is 0 Å². The average molecular weight is 316 g/mol. The Morgan fingerprint density at radius 3 is 1.50 bits per heavy atom. The van der Waals surface area contributed by atoms with Gasteiger partial charge in [-0.2, -0.15) is 0 Å². The molecule has 4 aromatic heterocycles. The maximum Gasteiger partial charge on any atom is 0.176 e. The van der Waals surface area contributed by atoms with Crippen molar-refractivity contribution in [2.24, 2.45) is 0 Å². The van der Waals surface area contributed by atoms with E-state index in [2.05, 4.69) is 29.1 Å².